The van der Waals surface area contributed by atoms with Gasteiger partial charge in [-0.15, -0.1) is 0 Å². The van der Waals surface area contributed by atoms with Crippen molar-refractivity contribution in [1.82, 2.24) is 34.6 Å². The van der Waals surface area contributed by atoms with Crippen LogP contribution in [-0.2, 0) is 29.0 Å². The average Bonchev–Trinajstić information content (AvgIpc) is 3.94. The molecule has 4 atom stereocenters. The topological polar surface area (TPSA) is 223 Å². The monoisotopic (exact) mass is 995 g/mol. The summed E-state index contributed by atoms with van der Waals surface area (Å²) in [6.45, 7) is 16.4. The van der Waals surface area contributed by atoms with E-state index in [4.69, 9.17) is 10.7 Å². The van der Waals surface area contributed by atoms with E-state index in [1.807, 2.05) is 35.4 Å². The second kappa shape index (κ2) is 18.3. The molecule has 19 heteroatoms. The number of anilines is 5. The van der Waals surface area contributed by atoms with Gasteiger partial charge in [0.2, 0.25) is 11.8 Å². The van der Waals surface area contributed by atoms with Crippen LogP contribution in [0.2, 0.25) is 0 Å². The van der Waals surface area contributed by atoms with Crippen LogP contribution in [0, 0.1) is 5.41 Å². The van der Waals surface area contributed by atoms with Gasteiger partial charge in [-0.2, -0.15) is 0 Å². The van der Waals surface area contributed by atoms with Gasteiger partial charge in [0.15, 0.2) is 5.69 Å². The maximum absolute atomic E-state index is 14.3. The number of amides is 6. The van der Waals surface area contributed by atoms with Gasteiger partial charge in [0, 0.05) is 82.2 Å². The molecule has 1 aromatic carbocycles. The van der Waals surface area contributed by atoms with Crippen LogP contribution in [0.15, 0.2) is 54.9 Å². The number of aromatic nitrogens is 3. The highest BCUT2D eigenvalue weighted by Gasteiger charge is 2.48. The van der Waals surface area contributed by atoms with Crippen LogP contribution in [0.1, 0.15) is 126 Å². The summed E-state index contributed by atoms with van der Waals surface area (Å²) >= 11 is 0. The molecule has 5 N–H and O–H groups in total. The van der Waals surface area contributed by atoms with Gasteiger partial charge in [0.05, 0.1) is 58.3 Å². The smallest absolute Gasteiger partial charge is 0.270 e. The minimum atomic E-state index is -1.20. The Balaban J connectivity index is 0.722. The summed E-state index contributed by atoms with van der Waals surface area (Å²) in [4.78, 5) is 99.8. The molecule has 0 spiro atoms. The number of rotatable bonds is 10. The summed E-state index contributed by atoms with van der Waals surface area (Å²) in [6.07, 6.45) is 9.01. The SMILES string of the molecule is C[C@H]1CN(C2CCN(c3ccc4c(c3)C(=O)N(C3CCC(=O)NC3=O)C4=O)CC2)CCN1c1ccc(Nc2cc(N3CCC[C@@H](N4CCn5c(cc6c5CC(C)(C)C6)C4=O)[C@H]3C(C)(C)O)cnc2C(N)=O)nc1. The quantitative estimate of drug-likeness (QED) is 0.165. The van der Waals surface area contributed by atoms with Crippen LogP contribution >= 0.6 is 0 Å². The fourth-order valence-electron chi connectivity index (χ4n) is 13.2. The van der Waals surface area contributed by atoms with E-state index in [0.29, 0.717) is 41.9 Å². The summed E-state index contributed by atoms with van der Waals surface area (Å²) in [7, 11) is 0. The zero-order valence-electron chi connectivity index (χ0n) is 42.4. The van der Waals surface area contributed by atoms with Crippen molar-refractivity contribution in [2.75, 3.05) is 65.8 Å². The molecule has 0 bridgehead atoms. The standard InChI is InChI=1S/C54H66N12O7/c1-31-30-61(33-14-17-60(18-15-33)34-8-10-37-38(24-34)51(71)66(50(37)70)41-11-13-45(67)59-49(41)69)19-20-62(31)35-9-12-44(56-28-35)58-39-25-36(29-57-46(39)48(55)68)63-16-6-7-40(47(63)54(4,5)73)65-22-21-64-42(52(65)72)23-32-26-53(2,3)27-43(32)64/h8-10,12,23-25,28-29,31,33,40-41,47,73H,6-7,11,13-22,26-27,30H2,1-5H3,(H2,55,68)(H,56,58)(H,59,67,69)/t31-,40+,41?,47-/m0/s1. The predicted octanol–water partition coefficient (Wildman–Crippen LogP) is 4.09. The Kier molecular flexibility index (Phi) is 12.1. The molecule has 3 aromatic heterocycles. The third kappa shape index (κ3) is 8.76. The first kappa shape index (κ1) is 48.4. The van der Waals surface area contributed by atoms with Gasteiger partial charge < -0.3 is 40.3 Å². The van der Waals surface area contributed by atoms with Gasteiger partial charge in [-0.1, -0.05) is 13.8 Å². The second-order valence-corrected chi connectivity index (χ2v) is 22.6. The Morgan fingerprint density at radius 1 is 0.795 bits per heavy atom. The van der Waals surface area contributed by atoms with E-state index in [1.54, 1.807) is 32.2 Å². The molecule has 73 heavy (non-hydrogen) atoms. The summed E-state index contributed by atoms with van der Waals surface area (Å²) < 4.78 is 2.22. The van der Waals surface area contributed by atoms with Crippen molar-refractivity contribution < 1.29 is 33.9 Å². The van der Waals surface area contributed by atoms with Crippen LogP contribution in [0.3, 0.4) is 0 Å². The van der Waals surface area contributed by atoms with Gasteiger partial charge in [0.1, 0.15) is 17.6 Å². The lowest BCUT2D eigenvalue weighted by molar-refractivity contribution is -0.136. The number of primary amides is 1. The molecule has 1 unspecified atom stereocenters. The Hall–Kier alpha value is -6.86. The molecule has 1 aliphatic carbocycles. The third-order valence-corrected chi connectivity index (χ3v) is 16.6. The van der Waals surface area contributed by atoms with E-state index in [-0.39, 0.29) is 47.5 Å². The van der Waals surface area contributed by atoms with Crippen LogP contribution in [-0.4, -0.2) is 151 Å². The molecule has 4 fully saturated rings. The normalized spacial score (nSPS) is 24.7. The van der Waals surface area contributed by atoms with Crippen LogP contribution < -0.4 is 31.1 Å². The number of hydrogen-bond donors (Lipinski definition) is 4. The number of aliphatic hydroxyl groups is 1. The number of hydrogen-bond acceptors (Lipinski definition) is 14. The zero-order valence-corrected chi connectivity index (χ0v) is 42.4. The maximum atomic E-state index is 14.3. The first-order valence-electron chi connectivity index (χ1n) is 26.0. The molecule has 11 rings (SSSR count). The zero-order chi connectivity index (χ0) is 51.2. The molecule has 6 aliphatic heterocycles. The number of benzene rings is 1. The highest BCUT2D eigenvalue weighted by atomic mass is 16.3. The summed E-state index contributed by atoms with van der Waals surface area (Å²) in [5.41, 5.74) is 11.7. The first-order chi connectivity index (χ1) is 34.8. The fourth-order valence-corrected chi connectivity index (χ4v) is 13.2. The van der Waals surface area contributed by atoms with E-state index >= 15 is 0 Å². The summed E-state index contributed by atoms with van der Waals surface area (Å²) in [5, 5.41) is 17.5. The molecule has 0 saturated carbocycles. The van der Waals surface area contributed by atoms with E-state index in [0.717, 1.165) is 99.8 Å². The molecular formula is C54H66N12O7. The minimum absolute atomic E-state index is 0.00555. The molecule has 7 aliphatic rings. The lowest BCUT2D eigenvalue weighted by atomic mass is 9.83. The summed E-state index contributed by atoms with van der Waals surface area (Å²) in [6, 6.07) is 12.1. The first-order valence-corrected chi connectivity index (χ1v) is 26.0. The van der Waals surface area contributed by atoms with E-state index in [9.17, 15) is 33.9 Å². The Bertz CT molecular complexity index is 2920. The molecule has 384 valence electrons. The molecule has 0 radical (unpaired) electrons. The van der Waals surface area contributed by atoms with Crippen LogP contribution in [0.5, 0.6) is 0 Å². The third-order valence-electron chi connectivity index (χ3n) is 16.6. The van der Waals surface area contributed by atoms with E-state index in [2.05, 4.69) is 66.6 Å². The van der Waals surface area contributed by atoms with Gasteiger partial charge >= 0.3 is 0 Å². The lowest BCUT2D eigenvalue weighted by Gasteiger charge is -2.52. The number of piperidine rings is 3. The maximum Gasteiger partial charge on any atom is 0.270 e. The number of nitrogens with two attached hydrogens (primary N) is 1. The number of pyridine rings is 2. The Morgan fingerprint density at radius 3 is 2.25 bits per heavy atom. The highest BCUT2D eigenvalue weighted by Crippen LogP contribution is 2.42. The molecule has 19 nitrogen and oxygen atoms in total. The van der Waals surface area contributed by atoms with Crippen molar-refractivity contribution in [2.24, 2.45) is 11.1 Å². The van der Waals surface area contributed by atoms with Crippen molar-refractivity contribution in [2.45, 2.75) is 128 Å². The molecule has 4 aromatic rings. The van der Waals surface area contributed by atoms with Crippen LogP contribution in [0.4, 0.5) is 28.6 Å². The Morgan fingerprint density at radius 2 is 1.53 bits per heavy atom. The molecular weight excluding hydrogens is 929 g/mol. The molecule has 4 saturated heterocycles. The van der Waals surface area contributed by atoms with Crippen LogP contribution in [0.25, 0.3) is 0 Å². The number of carbonyl (C=O) groups excluding carboxylic acids is 6. The minimum Gasteiger partial charge on any atom is -0.388 e. The number of piperazine rings is 1. The highest BCUT2D eigenvalue weighted by molar-refractivity contribution is 6.23. The van der Waals surface area contributed by atoms with Gasteiger partial charge in [0.25, 0.3) is 23.6 Å². The number of imide groups is 2. The predicted molar refractivity (Wildman–Crippen MR) is 274 cm³/mol. The number of nitrogens with one attached hydrogen (secondary N) is 2. The van der Waals surface area contributed by atoms with E-state index < -0.39 is 47.2 Å². The number of nitrogens with zero attached hydrogens (tertiary/aromatic N) is 9. The van der Waals surface area contributed by atoms with Crippen molar-refractivity contribution in [3.63, 3.8) is 0 Å². The van der Waals surface area contributed by atoms with Crippen molar-refractivity contribution in [3.8, 4) is 0 Å². The molecule has 6 amide bonds. The van der Waals surface area contributed by atoms with Gasteiger partial charge in [-0.25, -0.2) is 9.97 Å². The lowest BCUT2D eigenvalue weighted by Crippen LogP contribution is -2.65. The Labute approximate surface area is 425 Å². The largest absolute Gasteiger partial charge is 0.388 e. The average molecular weight is 995 g/mol. The van der Waals surface area contributed by atoms with Crippen molar-refractivity contribution in [1.29, 1.82) is 0 Å². The summed E-state index contributed by atoms with van der Waals surface area (Å²) in [5.74, 6) is -2.19. The second-order valence-electron chi connectivity index (χ2n) is 22.6. The van der Waals surface area contributed by atoms with Gasteiger partial charge in [-0.3, -0.25) is 43.9 Å². The number of fused-ring (bicyclic) bond motifs is 4. The van der Waals surface area contributed by atoms with Gasteiger partial charge in [-0.05, 0) is 119 Å². The van der Waals surface area contributed by atoms with E-state index in [1.165, 1.54) is 11.3 Å². The van der Waals surface area contributed by atoms with Crippen molar-refractivity contribution in [3.05, 3.63) is 88.6 Å². The molecule has 9 heterocycles. The number of carbonyl (C=O) groups is 6. The fraction of sp³-hybridized carbons (Fsp3) is 0.519. The van der Waals surface area contributed by atoms with Crippen molar-refractivity contribution >= 4 is 64.0 Å².